The molecule has 0 aliphatic carbocycles. The maximum absolute atomic E-state index is 4.50. The number of nitrogens with one attached hydrogen (secondary N) is 1. The Morgan fingerprint density at radius 3 is 3.20 bits per heavy atom. The van der Waals surface area contributed by atoms with Crippen LogP contribution in [0.25, 0.3) is 10.9 Å². The SMILES string of the molecule is C(=Nc1nccs1)c1c2n(c3ccccc13)CCCN2. The molecule has 100 valence electrons. The lowest BCUT2D eigenvalue weighted by Gasteiger charge is -2.18. The van der Waals surface area contributed by atoms with Crippen molar-refractivity contribution in [1.29, 1.82) is 0 Å². The fourth-order valence-electron chi connectivity index (χ4n) is 2.73. The van der Waals surface area contributed by atoms with Crippen molar-refractivity contribution in [3.05, 3.63) is 41.4 Å². The number of hydrogen-bond donors (Lipinski definition) is 1. The lowest BCUT2D eigenvalue weighted by Crippen LogP contribution is -2.17. The van der Waals surface area contributed by atoms with Gasteiger partial charge in [0.2, 0.25) is 5.13 Å². The number of aryl methyl sites for hydroxylation is 1. The zero-order valence-electron chi connectivity index (χ0n) is 10.9. The first-order valence-electron chi connectivity index (χ1n) is 6.72. The monoisotopic (exact) mass is 282 g/mol. The molecule has 0 bridgehead atoms. The average molecular weight is 282 g/mol. The van der Waals surface area contributed by atoms with Crippen LogP contribution in [0.2, 0.25) is 0 Å². The molecule has 1 aliphatic rings. The Balaban J connectivity index is 1.89. The predicted molar refractivity (Wildman–Crippen MR) is 84.4 cm³/mol. The van der Waals surface area contributed by atoms with Gasteiger partial charge in [0.15, 0.2) is 0 Å². The van der Waals surface area contributed by atoms with E-state index in [1.807, 2.05) is 11.6 Å². The van der Waals surface area contributed by atoms with Crippen LogP contribution in [0.15, 0.2) is 40.8 Å². The van der Waals surface area contributed by atoms with Crippen molar-refractivity contribution in [2.75, 3.05) is 11.9 Å². The lowest BCUT2D eigenvalue weighted by molar-refractivity contribution is 0.649. The normalized spacial score (nSPS) is 14.6. The minimum Gasteiger partial charge on any atom is -0.371 e. The van der Waals surface area contributed by atoms with Gasteiger partial charge in [0.25, 0.3) is 0 Å². The number of benzene rings is 1. The third kappa shape index (κ3) is 1.82. The van der Waals surface area contributed by atoms with Crippen LogP contribution in [0.4, 0.5) is 10.9 Å². The number of hydrogen-bond acceptors (Lipinski definition) is 4. The van der Waals surface area contributed by atoms with E-state index >= 15 is 0 Å². The number of aliphatic imine (C=N–C) groups is 1. The topological polar surface area (TPSA) is 42.2 Å². The molecule has 4 nitrogen and oxygen atoms in total. The van der Waals surface area contributed by atoms with Gasteiger partial charge in [-0.3, -0.25) is 0 Å². The van der Waals surface area contributed by atoms with Gasteiger partial charge in [-0.1, -0.05) is 18.2 Å². The molecule has 0 atom stereocenters. The molecule has 0 saturated carbocycles. The van der Waals surface area contributed by atoms with Crippen molar-refractivity contribution < 1.29 is 0 Å². The van der Waals surface area contributed by atoms with Crippen LogP contribution in [0, 0.1) is 0 Å². The number of para-hydroxylation sites is 1. The summed E-state index contributed by atoms with van der Waals surface area (Å²) in [6, 6.07) is 8.50. The Labute approximate surface area is 120 Å². The maximum atomic E-state index is 4.50. The molecule has 0 amide bonds. The molecule has 0 radical (unpaired) electrons. The van der Waals surface area contributed by atoms with Gasteiger partial charge in [-0.05, 0) is 12.5 Å². The molecule has 0 fully saturated rings. The highest BCUT2D eigenvalue weighted by Gasteiger charge is 2.17. The molecule has 0 unspecified atom stereocenters. The standard InChI is InChI=1S/C15H14N4S/c1-2-5-13-11(4-1)12(10-18-15-17-7-9-20-15)14-16-6-3-8-19(13)14/h1-2,4-5,7,9-10,16H,3,6,8H2. The van der Waals surface area contributed by atoms with Gasteiger partial charge in [-0.25, -0.2) is 9.98 Å². The second-order valence-corrected chi connectivity index (χ2v) is 5.66. The fourth-order valence-corrected chi connectivity index (χ4v) is 3.21. The molecular weight excluding hydrogens is 268 g/mol. The number of fused-ring (bicyclic) bond motifs is 3. The molecule has 3 aromatic rings. The molecule has 2 aromatic heterocycles. The van der Waals surface area contributed by atoms with E-state index in [0.29, 0.717) is 0 Å². The molecule has 1 aromatic carbocycles. The Hall–Kier alpha value is -2.14. The van der Waals surface area contributed by atoms with Gasteiger partial charge in [-0.15, -0.1) is 11.3 Å². The van der Waals surface area contributed by atoms with Gasteiger partial charge < -0.3 is 9.88 Å². The summed E-state index contributed by atoms with van der Waals surface area (Å²) in [5.74, 6) is 1.18. The molecule has 20 heavy (non-hydrogen) atoms. The summed E-state index contributed by atoms with van der Waals surface area (Å²) in [4.78, 5) is 8.70. The Morgan fingerprint density at radius 2 is 2.30 bits per heavy atom. The highest BCUT2D eigenvalue weighted by Crippen LogP contribution is 2.31. The molecular formula is C15H14N4S. The first-order valence-corrected chi connectivity index (χ1v) is 7.60. The number of aromatic nitrogens is 2. The van der Waals surface area contributed by atoms with E-state index in [1.165, 1.54) is 16.7 Å². The van der Waals surface area contributed by atoms with E-state index < -0.39 is 0 Å². The highest BCUT2D eigenvalue weighted by molar-refractivity contribution is 7.13. The van der Waals surface area contributed by atoms with E-state index in [-0.39, 0.29) is 0 Å². The Bertz CT molecular complexity index is 771. The van der Waals surface area contributed by atoms with Gasteiger partial charge in [-0.2, -0.15) is 0 Å². The minimum atomic E-state index is 0.796. The third-order valence-electron chi connectivity index (χ3n) is 3.58. The van der Waals surface area contributed by atoms with Crippen LogP contribution in [0.1, 0.15) is 12.0 Å². The maximum Gasteiger partial charge on any atom is 0.209 e. The zero-order chi connectivity index (χ0) is 13.4. The van der Waals surface area contributed by atoms with Crippen LogP contribution in [0.3, 0.4) is 0 Å². The van der Waals surface area contributed by atoms with Crippen LogP contribution in [-0.4, -0.2) is 22.3 Å². The zero-order valence-corrected chi connectivity index (χ0v) is 11.7. The molecule has 0 spiro atoms. The predicted octanol–water partition coefficient (Wildman–Crippen LogP) is 3.66. The first-order chi connectivity index (χ1) is 9.93. The number of thiazole rings is 1. The van der Waals surface area contributed by atoms with Crippen molar-refractivity contribution in [2.24, 2.45) is 4.99 Å². The summed E-state index contributed by atoms with van der Waals surface area (Å²) < 4.78 is 2.35. The number of rotatable bonds is 2. The summed E-state index contributed by atoms with van der Waals surface area (Å²) >= 11 is 1.55. The summed E-state index contributed by atoms with van der Waals surface area (Å²) in [7, 11) is 0. The van der Waals surface area contributed by atoms with E-state index in [1.54, 1.807) is 17.5 Å². The smallest absolute Gasteiger partial charge is 0.209 e. The quantitative estimate of drug-likeness (QED) is 0.729. The summed E-state index contributed by atoms with van der Waals surface area (Å²) in [5.41, 5.74) is 2.44. The van der Waals surface area contributed by atoms with Crippen molar-refractivity contribution in [1.82, 2.24) is 9.55 Å². The second kappa shape index (κ2) is 4.76. The van der Waals surface area contributed by atoms with E-state index in [0.717, 1.165) is 30.2 Å². The van der Waals surface area contributed by atoms with E-state index in [2.05, 4.69) is 44.1 Å². The summed E-state index contributed by atoms with van der Waals surface area (Å²) in [6.07, 6.45) is 4.88. The highest BCUT2D eigenvalue weighted by atomic mass is 32.1. The summed E-state index contributed by atoms with van der Waals surface area (Å²) in [5, 5.41) is 7.49. The number of anilines is 1. The second-order valence-electron chi connectivity index (χ2n) is 4.78. The summed E-state index contributed by atoms with van der Waals surface area (Å²) in [6.45, 7) is 2.09. The van der Waals surface area contributed by atoms with Crippen LogP contribution >= 0.6 is 11.3 Å². The molecule has 4 rings (SSSR count). The molecule has 0 saturated heterocycles. The largest absolute Gasteiger partial charge is 0.371 e. The van der Waals surface area contributed by atoms with E-state index in [4.69, 9.17) is 0 Å². The van der Waals surface area contributed by atoms with Gasteiger partial charge in [0, 0.05) is 41.8 Å². The average Bonchev–Trinajstić information content (AvgIpc) is 3.11. The van der Waals surface area contributed by atoms with Crippen molar-refractivity contribution in [3.8, 4) is 0 Å². The first kappa shape index (κ1) is 11.7. The fraction of sp³-hybridized carbons (Fsp3) is 0.200. The minimum absolute atomic E-state index is 0.796. The van der Waals surface area contributed by atoms with Crippen LogP contribution < -0.4 is 5.32 Å². The molecule has 1 N–H and O–H groups in total. The van der Waals surface area contributed by atoms with Crippen molar-refractivity contribution in [2.45, 2.75) is 13.0 Å². The van der Waals surface area contributed by atoms with Crippen molar-refractivity contribution in [3.63, 3.8) is 0 Å². The Kier molecular flexibility index (Phi) is 2.77. The lowest BCUT2D eigenvalue weighted by atomic mass is 10.2. The van der Waals surface area contributed by atoms with Crippen molar-refractivity contribution >= 4 is 39.4 Å². The van der Waals surface area contributed by atoms with E-state index in [9.17, 15) is 0 Å². The van der Waals surface area contributed by atoms with Crippen LogP contribution in [-0.2, 0) is 6.54 Å². The van der Waals surface area contributed by atoms with Gasteiger partial charge >= 0.3 is 0 Å². The van der Waals surface area contributed by atoms with Crippen LogP contribution in [0.5, 0.6) is 0 Å². The number of nitrogens with zero attached hydrogens (tertiary/aromatic N) is 3. The van der Waals surface area contributed by atoms with Gasteiger partial charge in [0.05, 0.1) is 5.52 Å². The molecule has 1 aliphatic heterocycles. The van der Waals surface area contributed by atoms with Gasteiger partial charge in [0.1, 0.15) is 5.82 Å². The molecule has 5 heteroatoms. The molecule has 3 heterocycles. The Morgan fingerprint density at radius 1 is 1.35 bits per heavy atom. The third-order valence-corrected chi connectivity index (χ3v) is 4.26.